The Morgan fingerprint density at radius 3 is 1.82 bits per heavy atom. The number of nitrogens with one attached hydrogen (secondary N) is 1. The molecule has 1 N–H and O–H groups in total. The van der Waals surface area contributed by atoms with Gasteiger partial charge in [0.2, 0.25) is 0 Å². The van der Waals surface area contributed by atoms with E-state index in [1.165, 1.54) is 51.8 Å². The molecule has 3 heteroatoms. The molecule has 0 aliphatic carbocycles. The molecule has 0 aromatic carbocycles. The van der Waals surface area contributed by atoms with Crippen LogP contribution >= 0.6 is 0 Å². The summed E-state index contributed by atoms with van der Waals surface area (Å²) in [6, 6.07) is 0.342. The monoisotopic (exact) mass is 415 g/mol. The number of hydrogen-bond acceptors (Lipinski definition) is 1. The van der Waals surface area contributed by atoms with E-state index in [4.69, 9.17) is 0 Å². The molecule has 1 unspecified atom stereocenters. The van der Waals surface area contributed by atoms with Crippen LogP contribution < -0.4 is 5.32 Å². The van der Waals surface area contributed by atoms with E-state index in [0.29, 0.717) is 12.0 Å². The van der Waals surface area contributed by atoms with Crippen molar-refractivity contribution < 1.29 is 4.79 Å². The SMILES string of the molecule is CCC[CH2][Sn]([CH2]CCC)([CH2]CCC)[C]1=CC(=O)NC1C(C)C. The summed E-state index contributed by atoms with van der Waals surface area (Å²) in [5.41, 5.74) is 0. The Kier molecular flexibility index (Phi) is 9.11. The minimum atomic E-state index is -2.42. The van der Waals surface area contributed by atoms with Crippen LogP contribution in [0.5, 0.6) is 0 Å². The van der Waals surface area contributed by atoms with Gasteiger partial charge in [-0.05, 0) is 0 Å². The first-order valence-electron chi connectivity index (χ1n) is 9.53. The molecule has 1 atom stereocenters. The summed E-state index contributed by atoms with van der Waals surface area (Å²) in [5, 5.41) is 3.26. The zero-order valence-electron chi connectivity index (χ0n) is 15.5. The second-order valence-electron chi connectivity index (χ2n) is 7.42. The van der Waals surface area contributed by atoms with Gasteiger partial charge in [-0.1, -0.05) is 0 Å². The molecule has 22 heavy (non-hydrogen) atoms. The Labute approximate surface area is 142 Å². The summed E-state index contributed by atoms with van der Waals surface area (Å²) in [5.74, 6) is 0.706. The molecule has 128 valence electrons. The van der Waals surface area contributed by atoms with Crippen molar-refractivity contribution in [1.29, 1.82) is 0 Å². The minimum absolute atomic E-state index is 0.180. The zero-order valence-corrected chi connectivity index (χ0v) is 18.4. The molecular formula is C19H37NOSn. The predicted octanol–water partition coefficient (Wildman–Crippen LogP) is 5.46. The second-order valence-corrected chi connectivity index (χ2v) is 20.7. The van der Waals surface area contributed by atoms with Crippen molar-refractivity contribution in [1.82, 2.24) is 5.32 Å². The maximum atomic E-state index is 12.1. The average molecular weight is 414 g/mol. The fraction of sp³-hybridized carbons (Fsp3) is 0.842. The van der Waals surface area contributed by atoms with Crippen molar-refractivity contribution in [3.05, 3.63) is 9.67 Å². The third-order valence-electron chi connectivity index (χ3n) is 5.23. The second kappa shape index (κ2) is 9.99. The van der Waals surface area contributed by atoms with Crippen LogP contribution in [0.1, 0.15) is 73.1 Å². The van der Waals surface area contributed by atoms with Gasteiger partial charge < -0.3 is 0 Å². The molecule has 1 heterocycles. The Bertz CT molecular complexity index is 354. The number of carbonyl (C=O) groups is 1. The van der Waals surface area contributed by atoms with Crippen LogP contribution in [0.4, 0.5) is 0 Å². The molecule has 1 aliphatic heterocycles. The fourth-order valence-corrected chi connectivity index (χ4v) is 21.6. The van der Waals surface area contributed by atoms with E-state index in [1.54, 1.807) is 3.59 Å². The van der Waals surface area contributed by atoms with Crippen LogP contribution in [0.15, 0.2) is 9.67 Å². The first-order chi connectivity index (χ1) is 10.5. The molecule has 0 aromatic heterocycles. The van der Waals surface area contributed by atoms with Crippen LogP contribution in [-0.2, 0) is 4.79 Å². The Morgan fingerprint density at radius 2 is 1.45 bits per heavy atom. The summed E-state index contributed by atoms with van der Waals surface area (Å²) < 4.78 is 5.99. The molecule has 0 spiro atoms. The number of rotatable bonds is 11. The maximum absolute atomic E-state index is 12.1. The van der Waals surface area contributed by atoms with Crippen molar-refractivity contribution in [3.8, 4) is 0 Å². The molecule has 0 saturated heterocycles. The Balaban J connectivity index is 3.12. The predicted molar refractivity (Wildman–Crippen MR) is 99.8 cm³/mol. The summed E-state index contributed by atoms with van der Waals surface area (Å²) in [4.78, 5) is 12.1. The summed E-state index contributed by atoms with van der Waals surface area (Å²) >= 11 is -2.42. The van der Waals surface area contributed by atoms with E-state index < -0.39 is 18.4 Å². The molecule has 1 rings (SSSR count). The summed E-state index contributed by atoms with van der Waals surface area (Å²) in [7, 11) is 0. The van der Waals surface area contributed by atoms with E-state index in [0.717, 1.165) is 0 Å². The van der Waals surface area contributed by atoms with E-state index >= 15 is 0 Å². The van der Waals surface area contributed by atoms with Crippen LogP contribution in [0.2, 0.25) is 13.3 Å². The zero-order chi connectivity index (χ0) is 16.6. The topological polar surface area (TPSA) is 29.1 Å². The molecule has 1 aliphatic rings. The Morgan fingerprint density at radius 1 is 1.00 bits per heavy atom. The molecule has 0 saturated carbocycles. The number of hydrogen-bond donors (Lipinski definition) is 1. The van der Waals surface area contributed by atoms with Gasteiger partial charge in [0.25, 0.3) is 0 Å². The van der Waals surface area contributed by atoms with Crippen LogP contribution in [0.25, 0.3) is 0 Å². The van der Waals surface area contributed by atoms with Crippen molar-refractivity contribution >= 4 is 24.3 Å². The van der Waals surface area contributed by atoms with Gasteiger partial charge in [-0.15, -0.1) is 0 Å². The Hall–Kier alpha value is 0.00870. The van der Waals surface area contributed by atoms with Crippen LogP contribution in [0.3, 0.4) is 0 Å². The molecule has 1 amide bonds. The fourth-order valence-electron chi connectivity index (χ4n) is 3.87. The van der Waals surface area contributed by atoms with Crippen molar-refractivity contribution in [2.45, 2.75) is 92.5 Å². The normalized spacial score (nSPS) is 18.7. The number of amides is 1. The number of carbonyl (C=O) groups excluding carboxylic acids is 1. The standard InChI is InChI=1S/C7H10NO.3C4H9.Sn/c1-5(2)6-3-4-7(9)8-6;3*1-3-4-2;/h4-6H,1-2H3,(H,8,9);3*1,3-4H2,2H3;. The first kappa shape index (κ1) is 20.1. The molecule has 0 aromatic rings. The van der Waals surface area contributed by atoms with Gasteiger partial charge in [-0.25, -0.2) is 0 Å². The molecular weight excluding hydrogens is 377 g/mol. The average Bonchev–Trinajstić information content (AvgIpc) is 2.90. The van der Waals surface area contributed by atoms with Gasteiger partial charge in [0, 0.05) is 0 Å². The van der Waals surface area contributed by atoms with E-state index in [9.17, 15) is 4.79 Å². The summed E-state index contributed by atoms with van der Waals surface area (Å²) in [6.07, 6.45) is 10.00. The first-order valence-corrected chi connectivity index (χ1v) is 17.0. The van der Waals surface area contributed by atoms with Crippen LogP contribution in [0, 0.1) is 5.92 Å². The van der Waals surface area contributed by atoms with Crippen molar-refractivity contribution in [2.24, 2.45) is 5.92 Å². The van der Waals surface area contributed by atoms with Crippen molar-refractivity contribution in [3.63, 3.8) is 0 Å². The third-order valence-corrected chi connectivity index (χ3v) is 21.2. The van der Waals surface area contributed by atoms with Gasteiger partial charge in [0.1, 0.15) is 0 Å². The van der Waals surface area contributed by atoms with Gasteiger partial charge in [0.15, 0.2) is 0 Å². The van der Waals surface area contributed by atoms with Crippen LogP contribution in [-0.4, -0.2) is 30.3 Å². The number of unbranched alkanes of at least 4 members (excludes halogenated alkanes) is 3. The van der Waals surface area contributed by atoms with Gasteiger partial charge in [-0.2, -0.15) is 0 Å². The van der Waals surface area contributed by atoms with Gasteiger partial charge in [-0.3, -0.25) is 0 Å². The van der Waals surface area contributed by atoms with E-state index in [2.05, 4.69) is 39.9 Å². The molecule has 0 bridgehead atoms. The van der Waals surface area contributed by atoms with Gasteiger partial charge in [0.05, 0.1) is 0 Å². The quantitative estimate of drug-likeness (QED) is 0.448. The van der Waals surface area contributed by atoms with E-state index in [-0.39, 0.29) is 5.91 Å². The molecule has 0 fully saturated rings. The van der Waals surface area contributed by atoms with Crippen molar-refractivity contribution in [2.75, 3.05) is 0 Å². The molecule has 2 nitrogen and oxygen atoms in total. The summed E-state index contributed by atoms with van der Waals surface area (Å²) in [6.45, 7) is 11.5. The third kappa shape index (κ3) is 5.28. The van der Waals surface area contributed by atoms with Gasteiger partial charge >= 0.3 is 142 Å². The molecule has 0 radical (unpaired) electrons. The van der Waals surface area contributed by atoms with E-state index in [1.807, 2.05) is 6.08 Å².